The maximum Gasteiger partial charge on any atom is 0.190 e. The van der Waals surface area contributed by atoms with Crippen molar-refractivity contribution in [1.29, 1.82) is 0 Å². The summed E-state index contributed by atoms with van der Waals surface area (Å²) in [5.41, 5.74) is 3.88. The Morgan fingerprint density at radius 2 is 2.36 bits per heavy atom. The molecule has 2 rings (SSSR count). The lowest BCUT2D eigenvalue weighted by atomic mass is 10.0. The monoisotopic (exact) mass is 192 g/mol. The molecule has 0 amide bonds. The third-order valence-corrected chi connectivity index (χ3v) is 2.17. The average molecular weight is 192 g/mol. The molecule has 72 valence electrons. The fraction of sp³-hybridized carbons (Fsp3) is 0.300. The van der Waals surface area contributed by atoms with Gasteiger partial charge in [0.2, 0.25) is 0 Å². The van der Waals surface area contributed by atoms with E-state index in [1.807, 2.05) is 0 Å². The van der Waals surface area contributed by atoms with Gasteiger partial charge in [-0.3, -0.25) is 0 Å². The SMILES string of the molecule is [C-]#[N+]c1cc(F)cc([C@H]2CCON2)c1. The Hall–Kier alpha value is -1.44. The molecule has 1 aromatic carbocycles. The second kappa shape index (κ2) is 3.74. The summed E-state index contributed by atoms with van der Waals surface area (Å²) in [6.07, 6.45) is 0.806. The van der Waals surface area contributed by atoms with Crippen LogP contribution in [0.1, 0.15) is 18.0 Å². The minimum atomic E-state index is -0.373. The predicted molar refractivity (Wildman–Crippen MR) is 49.1 cm³/mol. The van der Waals surface area contributed by atoms with Crippen molar-refractivity contribution in [3.63, 3.8) is 0 Å². The van der Waals surface area contributed by atoms with E-state index < -0.39 is 0 Å². The molecule has 0 bridgehead atoms. The highest BCUT2D eigenvalue weighted by Crippen LogP contribution is 2.26. The molecule has 0 aliphatic carbocycles. The molecule has 14 heavy (non-hydrogen) atoms. The molecule has 1 aromatic rings. The maximum absolute atomic E-state index is 13.1. The van der Waals surface area contributed by atoms with E-state index in [0.29, 0.717) is 12.3 Å². The first-order valence-corrected chi connectivity index (χ1v) is 4.35. The fourth-order valence-corrected chi connectivity index (χ4v) is 1.49. The van der Waals surface area contributed by atoms with Gasteiger partial charge in [0, 0.05) is 0 Å². The first kappa shape index (κ1) is 9.13. The standard InChI is InChI=1S/C10H9FN2O/c1-12-9-5-7(4-8(11)6-9)10-2-3-14-13-10/h4-6,10,13H,2-3H2/t10-/m1/s1. The molecule has 0 unspecified atom stereocenters. The van der Waals surface area contributed by atoms with Gasteiger partial charge < -0.3 is 4.84 Å². The van der Waals surface area contributed by atoms with Crippen LogP contribution in [0.25, 0.3) is 4.85 Å². The molecule has 1 aliphatic heterocycles. The van der Waals surface area contributed by atoms with Crippen LogP contribution in [-0.2, 0) is 4.84 Å². The van der Waals surface area contributed by atoms with Crippen LogP contribution < -0.4 is 5.48 Å². The van der Waals surface area contributed by atoms with Crippen molar-refractivity contribution in [3.05, 3.63) is 41.0 Å². The van der Waals surface area contributed by atoms with Gasteiger partial charge >= 0.3 is 0 Å². The van der Waals surface area contributed by atoms with Gasteiger partial charge in [0.1, 0.15) is 5.82 Å². The van der Waals surface area contributed by atoms with E-state index in [0.717, 1.165) is 12.0 Å². The summed E-state index contributed by atoms with van der Waals surface area (Å²) in [5.74, 6) is -0.373. The lowest BCUT2D eigenvalue weighted by molar-refractivity contribution is 0.0882. The van der Waals surface area contributed by atoms with Gasteiger partial charge in [-0.25, -0.2) is 9.24 Å². The molecule has 1 atom stereocenters. The molecular weight excluding hydrogens is 183 g/mol. The van der Waals surface area contributed by atoms with Crippen LogP contribution in [0.5, 0.6) is 0 Å². The highest BCUT2D eigenvalue weighted by atomic mass is 19.1. The van der Waals surface area contributed by atoms with E-state index in [-0.39, 0.29) is 11.9 Å². The van der Waals surface area contributed by atoms with E-state index in [1.165, 1.54) is 12.1 Å². The second-order valence-corrected chi connectivity index (χ2v) is 3.16. The number of halogens is 1. The summed E-state index contributed by atoms with van der Waals surface area (Å²) in [6, 6.07) is 4.35. The van der Waals surface area contributed by atoms with Gasteiger partial charge in [0.15, 0.2) is 5.69 Å². The Morgan fingerprint density at radius 3 is 3.00 bits per heavy atom. The van der Waals surface area contributed by atoms with Crippen molar-refractivity contribution >= 4 is 5.69 Å². The first-order valence-electron chi connectivity index (χ1n) is 4.35. The van der Waals surface area contributed by atoms with Crippen LogP contribution in [0.2, 0.25) is 0 Å². The summed E-state index contributed by atoms with van der Waals surface area (Å²) in [6.45, 7) is 7.43. The van der Waals surface area contributed by atoms with E-state index in [4.69, 9.17) is 11.4 Å². The van der Waals surface area contributed by atoms with Crippen molar-refractivity contribution in [3.8, 4) is 0 Å². The minimum Gasteiger partial charge on any atom is -0.301 e. The molecule has 1 heterocycles. The average Bonchev–Trinajstić information content (AvgIpc) is 2.69. The Balaban J connectivity index is 2.33. The zero-order valence-corrected chi connectivity index (χ0v) is 7.46. The van der Waals surface area contributed by atoms with E-state index in [9.17, 15) is 4.39 Å². The third kappa shape index (κ3) is 1.74. The van der Waals surface area contributed by atoms with E-state index >= 15 is 0 Å². The molecule has 1 saturated heterocycles. The largest absolute Gasteiger partial charge is 0.301 e. The van der Waals surface area contributed by atoms with Crippen LogP contribution >= 0.6 is 0 Å². The van der Waals surface area contributed by atoms with Crippen molar-refractivity contribution in [2.45, 2.75) is 12.5 Å². The molecule has 1 fully saturated rings. The van der Waals surface area contributed by atoms with Gasteiger partial charge in [-0.05, 0) is 24.1 Å². The molecule has 1 aliphatic rings. The smallest absolute Gasteiger partial charge is 0.190 e. The van der Waals surface area contributed by atoms with Crippen molar-refractivity contribution < 1.29 is 9.23 Å². The van der Waals surface area contributed by atoms with Crippen LogP contribution in [0, 0.1) is 12.4 Å². The van der Waals surface area contributed by atoms with Crippen LogP contribution in [0.15, 0.2) is 18.2 Å². The maximum atomic E-state index is 13.1. The fourth-order valence-electron chi connectivity index (χ4n) is 1.49. The summed E-state index contributed by atoms with van der Waals surface area (Å²) in [4.78, 5) is 8.18. The zero-order chi connectivity index (χ0) is 9.97. The van der Waals surface area contributed by atoms with Gasteiger partial charge in [-0.15, -0.1) is 0 Å². The predicted octanol–water partition coefficient (Wildman–Crippen LogP) is 2.34. The number of nitrogens with zero attached hydrogens (tertiary/aromatic N) is 1. The molecule has 0 aromatic heterocycles. The van der Waals surface area contributed by atoms with Crippen LogP contribution in [-0.4, -0.2) is 6.61 Å². The van der Waals surface area contributed by atoms with Crippen LogP contribution in [0.3, 0.4) is 0 Å². The minimum absolute atomic E-state index is 0.00574. The first-order chi connectivity index (χ1) is 6.79. The summed E-state index contributed by atoms with van der Waals surface area (Å²) in [5, 5.41) is 0. The van der Waals surface area contributed by atoms with Gasteiger partial charge in [-0.2, -0.15) is 5.48 Å². The topological polar surface area (TPSA) is 25.6 Å². The Bertz CT molecular complexity index is 380. The zero-order valence-electron chi connectivity index (χ0n) is 7.46. The molecular formula is C10H9FN2O. The lowest BCUT2D eigenvalue weighted by Gasteiger charge is -2.09. The Morgan fingerprint density at radius 1 is 1.50 bits per heavy atom. The number of hydroxylamine groups is 1. The summed E-state index contributed by atoms with van der Waals surface area (Å²) in [7, 11) is 0. The highest BCUT2D eigenvalue weighted by molar-refractivity contribution is 5.47. The highest BCUT2D eigenvalue weighted by Gasteiger charge is 2.18. The number of hydrogen-bond acceptors (Lipinski definition) is 2. The van der Waals surface area contributed by atoms with Crippen molar-refractivity contribution in [2.24, 2.45) is 0 Å². The van der Waals surface area contributed by atoms with Gasteiger partial charge in [0.05, 0.1) is 19.2 Å². The number of rotatable bonds is 1. The van der Waals surface area contributed by atoms with Gasteiger partial charge in [-0.1, -0.05) is 6.07 Å². The Labute approximate surface area is 81.3 Å². The summed E-state index contributed by atoms with van der Waals surface area (Å²) < 4.78 is 13.1. The number of nitrogens with one attached hydrogen (secondary N) is 1. The second-order valence-electron chi connectivity index (χ2n) is 3.16. The van der Waals surface area contributed by atoms with Crippen molar-refractivity contribution in [2.75, 3.05) is 6.61 Å². The van der Waals surface area contributed by atoms with Gasteiger partial charge in [0.25, 0.3) is 0 Å². The third-order valence-electron chi connectivity index (χ3n) is 2.17. The summed E-state index contributed by atoms with van der Waals surface area (Å²) >= 11 is 0. The van der Waals surface area contributed by atoms with E-state index in [2.05, 4.69) is 10.3 Å². The lowest BCUT2D eigenvalue weighted by Crippen LogP contribution is -2.11. The molecule has 0 saturated carbocycles. The molecule has 4 heteroatoms. The number of hydrogen-bond donors (Lipinski definition) is 1. The normalized spacial score (nSPS) is 20.7. The Kier molecular flexibility index (Phi) is 2.44. The molecule has 0 spiro atoms. The molecule has 3 nitrogen and oxygen atoms in total. The number of benzene rings is 1. The van der Waals surface area contributed by atoms with Crippen LogP contribution in [0.4, 0.5) is 10.1 Å². The molecule has 0 radical (unpaired) electrons. The van der Waals surface area contributed by atoms with E-state index in [1.54, 1.807) is 6.07 Å². The molecule has 1 N–H and O–H groups in total. The quantitative estimate of drug-likeness (QED) is 0.691. The van der Waals surface area contributed by atoms with Crippen molar-refractivity contribution in [1.82, 2.24) is 5.48 Å².